The minimum Gasteiger partial charge on any atom is -0.381 e. The molecule has 1 saturated heterocycles. The van der Waals surface area contributed by atoms with E-state index in [1.54, 1.807) is 23.9 Å². The first-order valence-corrected chi connectivity index (χ1v) is 7.83. The van der Waals surface area contributed by atoms with E-state index in [-0.39, 0.29) is 16.0 Å². The van der Waals surface area contributed by atoms with Gasteiger partial charge in [-0.2, -0.15) is 12.6 Å². The van der Waals surface area contributed by atoms with Gasteiger partial charge in [0.2, 0.25) is 0 Å². The van der Waals surface area contributed by atoms with Crippen molar-refractivity contribution in [3.63, 3.8) is 0 Å². The molecule has 1 aliphatic heterocycles. The minimum absolute atomic E-state index is 0.138. The number of thiol groups is 1. The van der Waals surface area contributed by atoms with Crippen LogP contribution in [0.15, 0.2) is 29.2 Å². The summed E-state index contributed by atoms with van der Waals surface area (Å²) in [5.41, 5.74) is 0.368. The van der Waals surface area contributed by atoms with Crippen molar-refractivity contribution < 1.29 is 9.66 Å². The van der Waals surface area contributed by atoms with Gasteiger partial charge in [-0.1, -0.05) is 0 Å². The summed E-state index contributed by atoms with van der Waals surface area (Å²) in [7, 11) is 0. The fraction of sp³-hybridized carbons (Fsp3) is 0.538. The Kier molecular flexibility index (Phi) is 5.13. The van der Waals surface area contributed by atoms with Gasteiger partial charge in [0.25, 0.3) is 5.69 Å². The van der Waals surface area contributed by atoms with Crippen LogP contribution in [-0.4, -0.2) is 29.6 Å². The van der Waals surface area contributed by atoms with E-state index in [1.165, 1.54) is 0 Å². The van der Waals surface area contributed by atoms with Crippen LogP contribution in [0.3, 0.4) is 0 Å². The zero-order valence-corrected chi connectivity index (χ0v) is 12.3. The van der Waals surface area contributed by atoms with E-state index < -0.39 is 0 Å². The fourth-order valence-corrected chi connectivity index (χ4v) is 3.82. The number of nitrogens with zero attached hydrogens (tertiary/aromatic N) is 1. The summed E-state index contributed by atoms with van der Waals surface area (Å²) >= 11 is 6.22. The lowest BCUT2D eigenvalue weighted by atomic mass is 9.84. The van der Waals surface area contributed by atoms with Crippen molar-refractivity contribution in [2.45, 2.75) is 17.7 Å². The number of nitro benzene ring substituents is 1. The van der Waals surface area contributed by atoms with E-state index in [9.17, 15) is 10.1 Å². The highest BCUT2D eigenvalue weighted by Crippen LogP contribution is 2.37. The van der Waals surface area contributed by atoms with Crippen molar-refractivity contribution in [2.75, 3.05) is 24.7 Å². The summed E-state index contributed by atoms with van der Waals surface area (Å²) in [6, 6.07) is 6.74. The Morgan fingerprint density at radius 1 is 1.32 bits per heavy atom. The minimum atomic E-state index is -0.373. The zero-order valence-electron chi connectivity index (χ0n) is 10.6. The Hall–Kier alpha value is -0.720. The molecule has 2 rings (SSSR count). The summed E-state index contributed by atoms with van der Waals surface area (Å²) in [5.74, 6) is 1.84. The number of thioether (sulfide) groups is 1. The average Bonchev–Trinajstić information content (AvgIpc) is 2.46. The number of hydrogen-bond donors (Lipinski definition) is 1. The third kappa shape index (κ3) is 3.87. The van der Waals surface area contributed by atoms with Crippen molar-refractivity contribution >= 4 is 30.1 Å². The molecule has 4 nitrogen and oxygen atoms in total. The second-order valence-electron chi connectivity index (χ2n) is 4.81. The molecule has 1 heterocycles. The maximum Gasteiger partial charge on any atom is 0.269 e. The van der Waals surface area contributed by atoms with Crippen LogP contribution < -0.4 is 0 Å². The maximum absolute atomic E-state index is 10.6. The molecule has 1 aromatic rings. The van der Waals surface area contributed by atoms with Crippen molar-refractivity contribution in [1.29, 1.82) is 0 Å². The summed E-state index contributed by atoms with van der Waals surface area (Å²) in [6.07, 6.45) is 2.08. The molecule has 19 heavy (non-hydrogen) atoms. The van der Waals surface area contributed by atoms with Gasteiger partial charge in [-0.3, -0.25) is 10.1 Å². The second-order valence-corrected chi connectivity index (χ2v) is 6.18. The molecule has 0 unspecified atom stereocenters. The summed E-state index contributed by atoms with van der Waals surface area (Å²) in [5, 5.41) is 10.6. The van der Waals surface area contributed by atoms with Crippen LogP contribution in [-0.2, 0) is 4.74 Å². The molecule has 0 amide bonds. The lowest BCUT2D eigenvalue weighted by Gasteiger charge is -2.35. The third-order valence-corrected chi connectivity index (χ3v) is 5.51. The van der Waals surface area contributed by atoms with Crippen LogP contribution in [0.4, 0.5) is 5.69 Å². The third-order valence-electron chi connectivity index (χ3n) is 3.48. The Morgan fingerprint density at radius 3 is 2.47 bits per heavy atom. The van der Waals surface area contributed by atoms with E-state index in [4.69, 9.17) is 4.74 Å². The number of non-ortho nitro benzene ring substituents is 1. The van der Waals surface area contributed by atoms with Gasteiger partial charge >= 0.3 is 0 Å². The Balaban J connectivity index is 1.95. The van der Waals surface area contributed by atoms with Crippen LogP contribution in [0.2, 0.25) is 0 Å². The molecule has 0 saturated carbocycles. The van der Waals surface area contributed by atoms with Crippen LogP contribution in [0.1, 0.15) is 12.8 Å². The zero-order chi connectivity index (χ0) is 13.7. The maximum atomic E-state index is 10.6. The summed E-state index contributed by atoms with van der Waals surface area (Å²) < 4.78 is 5.40. The standard InChI is InChI=1S/C13H17NO3S2/c15-14(16)11-1-3-12(4-2-11)19-10-13(9-18)5-7-17-8-6-13/h1-4,18H,5-10H2. The van der Waals surface area contributed by atoms with Gasteiger partial charge in [-0.25, -0.2) is 0 Å². The van der Waals surface area contributed by atoms with E-state index in [2.05, 4.69) is 12.6 Å². The summed E-state index contributed by atoms with van der Waals surface area (Å²) in [6.45, 7) is 1.61. The second kappa shape index (κ2) is 6.63. The molecular weight excluding hydrogens is 282 g/mol. The Labute approximate surface area is 122 Å². The van der Waals surface area contributed by atoms with Gasteiger partial charge in [0.1, 0.15) is 0 Å². The smallest absolute Gasteiger partial charge is 0.269 e. The average molecular weight is 299 g/mol. The van der Waals surface area contributed by atoms with Gasteiger partial charge in [0, 0.05) is 36.0 Å². The molecule has 1 aromatic carbocycles. The van der Waals surface area contributed by atoms with E-state index in [0.29, 0.717) is 0 Å². The van der Waals surface area contributed by atoms with Gasteiger partial charge < -0.3 is 4.74 Å². The van der Waals surface area contributed by atoms with Gasteiger partial charge in [-0.05, 0) is 36.1 Å². The molecular formula is C13H17NO3S2. The van der Waals surface area contributed by atoms with Crippen molar-refractivity contribution in [2.24, 2.45) is 5.41 Å². The molecule has 0 atom stereocenters. The number of hydrogen-bond acceptors (Lipinski definition) is 5. The van der Waals surface area contributed by atoms with E-state index in [1.807, 2.05) is 12.1 Å². The fourth-order valence-electron chi connectivity index (χ4n) is 2.05. The lowest BCUT2D eigenvalue weighted by molar-refractivity contribution is -0.384. The molecule has 0 bridgehead atoms. The van der Waals surface area contributed by atoms with Gasteiger partial charge in [0.15, 0.2) is 0 Å². The van der Waals surface area contributed by atoms with Gasteiger partial charge in [-0.15, -0.1) is 11.8 Å². The molecule has 0 aliphatic carbocycles. The van der Waals surface area contributed by atoms with Crippen LogP contribution in [0.25, 0.3) is 0 Å². The SMILES string of the molecule is O=[N+]([O-])c1ccc(SCC2(CS)CCOCC2)cc1. The number of rotatable bonds is 5. The molecule has 104 valence electrons. The number of nitro groups is 1. The highest BCUT2D eigenvalue weighted by atomic mass is 32.2. The number of ether oxygens (including phenoxy) is 1. The highest BCUT2D eigenvalue weighted by molar-refractivity contribution is 7.99. The molecule has 6 heteroatoms. The first kappa shape index (κ1) is 14.7. The predicted molar refractivity (Wildman–Crippen MR) is 80.2 cm³/mol. The van der Waals surface area contributed by atoms with Crippen molar-refractivity contribution in [3.8, 4) is 0 Å². The lowest BCUT2D eigenvalue weighted by Crippen LogP contribution is -2.33. The van der Waals surface area contributed by atoms with Crippen molar-refractivity contribution in [3.05, 3.63) is 34.4 Å². The Bertz CT molecular complexity index is 430. The normalized spacial score (nSPS) is 18.2. The molecule has 0 radical (unpaired) electrons. The first-order chi connectivity index (χ1) is 9.15. The Morgan fingerprint density at radius 2 is 1.95 bits per heavy atom. The molecule has 0 spiro atoms. The van der Waals surface area contributed by atoms with E-state index >= 15 is 0 Å². The molecule has 0 aromatic heterocycles. The largest absolute Gasteiger partial charge is 0.381 e. The highest BCUT2D eigenvalue weighted by Gasteiger charge is 2.31. The molecule has 0 N–H and O–H groups in total. The van der Waals surface area contributed by atoms with Crippen LogP contribution in [0, 0.1) is 15.5 Å². The predicted octanol–water partition coefficient (Wildman–Crippen LogP) is 3.41. The first-order valence-electron chi connectivity index (χ1n) is 6.21. The van der Waals surface area contributed by atoms with Crippen LogP contribution in [0.5, 0.6) is 0 Å². The topological polar surface area (TPSA) is 52.4 Å². The molecule has 1 aliphatic rings. The monoisotopic (exact) mass is 299 g/mol. The van der Waals surface area contributed by atoms with Crippen molar-refractivity contribution in [1.82, 2.24) is 0 Å². The summed E-state index contributed by atoms with van der Waals surface area (Å²) in [4.78, 5) is 11.3. The number of benzene rings is 1. The molecule has 1 fully saturated rings. The quantitative estimate of drug-likeness (QED) is 0.392. The van der Waals surface area contributed by atoms with Gasteiger partial charge in [0.05, 0.1) is 4.92 Å². The van der Waals surface area contributed by atoms with E-state index in [0.717, 1.165) is 42.5 Å². The van der Waals surface area contributed by atoms with Crippen LogP contribution >= 0.6 is 24.4 Å².